The van der Waals surface area contributed by atoms with E-state index in [4.69, 9.17) is 0 Å². The first-order chi connectivity index (χ1) is 20.5. The molecule has 0 aromatic carbocycles. The number of unbranched alkanes of at least 4 members (excludes halogenated alkanes) is 2. The van der Waals surface area contributed by atoms with Crippen molar-refractivity contribution in [3.63, 3.8) is 0 Å². The number of alkyl halides is 3. The van der Waals surface area contributed by atoms with E-state index < -0.39 is 40.6 Å². The number of nitrogens with two attached hydrogens (primary N) is 1. The number of furan rings is 1. The molecule has 0 radical (unpaired) electrons. The number of Topliss-reactive ketones (excluding diaryl/α,β-unsaturated/α-hetero) is 1. The Morgan fingerprint density at radius 2 is 1.95 bits per heavy atom. The SMILES string of the molecule is C=C/C=C(\N=C/CC)S(=O)N1CCCCC(=O)C1.CCCCCC(C)CC(C=O)NC(=O)c1ccc(C(F)(F)F)o1.CN. The summed E-state index contributed by atoms with van der Waals surface area (Å²) >= 11 is 0. The molecule has 1 amide bonds. The minimum absolute atomic E-state index is 0.151. The number of hydrogen-bond acceptors (Lipinski definition) is 7. The summed E-state index contributed by atoms with van der Waals surface area (Å²) in [6.07, 6.45) is 8.67. The number of rotatable bonds is 14. The molecule has 0 aliphatic carbocycles. The standard InChI is InChI=1S/C16H22F3NO3.C13H20N2O2S.CH5N/c1-3-4-5-6-11(2)9-12(10-21)20-15(22)13-7-8-14(23-13)16(17,18)19;1-3-7-13(14-9-4-2)18(17)15-10-6-5-8-12(16)11-15;1-2/h7-8,10-12H,3-6,9H2,1-2H3,(H,20,22);3,7,9H,1,4-6,8,10-11H2,2H3;2H2,1H3/b;13-7+,14-9-;. The lowest BCUT2D eigenvalue weighted by Gasteiger charge is -2.17. The van der Waals surface area contributed by atoms with E-state index in [1.165, 1.54) is 7.05 Å². The summed E-state index contributed by atoms with van der Waals surface area (Å²) in [6, 6.07) is 0.904. The fourth-order valence-electron chi connectivity index (χ4n) is 3.96. The summed E-state index contributed by atoms with van der Waals surface area (Å²) in [5, 5.41) is 2.86. The van der Waals surface area contributed by atoms with Crippen LogP contribution in [0, 0.1) is 5.92 Å². The molecule has 1 aliphatic rings. The summed E-state index contributed by atoms with van der Waals surface area (Å²) in [5.74, 6) is -2.13. The van der Waals surface area contributed by atoms with Crippen molar-refractivity contribution in [2.75, 3.05) is 20.1 Å². The van der Waals surface area contributed by atoms with E-state index in [9.17, 15) is 31.8 Å². The number of halogens is 3. The number of ketones is 1. The van der Waals surface area contributed by atoms with Crippen LogP contribution >= 0.6 is 0 Å². The molecule has 13 heteroatoms. The number of aliphatic imine (C=N–C) groups is 1. The zero-order valence-electron chi connectivity index (χ0n) is 25.7. The zero-order chi connectivity index (χ0) is 32.8. The van der Waals surface area contributed by atoms with Crippen LogP contribution in [-0.4, -0.2) is 58.9 Å². The van der Waals surface area contributed by atoms with Gasteiger partial charge in [0.15, 0.2) is 5.76 Å². The second-order valence-corrected chi connectivity index (χ2v) is 11.2. The minimum atomic E-state index is -4.64. The quantitative estimate of drug-likeness (QED) is 0.112. The first-order valence-electron chi connectivity index (χ1n) is 14.5. The molecule has 0 bridgehead atoms. The first kappa shape index (κ1) is 40.1. The monoisotopic (exact) mass is 632 g/mol. The van der Waals surface area contributed by atoms with Gasteiger partial charge in [-0.1, -0.05) is 59.1 Å². The van der Waals surface area contributed by atoms with Crippen LogP contribution in [0.25, 0.3) is 0 Å². The number of hydrogen-bond donors (Lipinski definition) is 2. The van der Waals surface area contributed by atoms with E-state index in [1.807, 2.05) is 13.8 Å². The third-order valence-corrected chi connectivity index (χ3v) is 7.47. The van der Waals surface area contributed by atoms with E-state index in [1.54, 1.807) is 22.7 Å². The van der Waals surface area contributed by atoms with Crippen LogP contribution in [0.5, 0.6) is 0 Å². The highest BCUT2D eigenvalue weighted by atomic mass is 32.2. The Kier molecular flexibility index (Phi) is 21.1. The molecule has 3 atom stereocenters. The molecule has 1 aromatic heterocycles. The smallest absolute Gasteiger partial charge is 0.446 e. The fraction of sp³-hybridized carbons (Fsp3) is 0.600. The number of aldehydes is 1. The van der Waals surface area contributed by atoms with Crippen molar-refractivity contribution in [2.45, 2.75) is 90.8 Å². The molecule has 1 fully saturated rings. The molecular weight excluding hydrogens is 585 g/mol. The van der Waals surface area contributed by atoms with E-state index in [0.717, 1.165) is 51.0 Å². The molecule has 1 aromatic rings. The Bertz CT molecular complexity index is 1070. The van der Waals surface area contributed by atoms with Crippen LogP contribution in [0.2, 0.25) is 0 Å². The van der Waals surface area contributed by atoms with Gasteiger partial charge in [-0.15, -0.1) is 0 Å². The first-order valence-corrected chi connectivity index (χ1v) is 15.6. The Morgan fingerprint density at radius 1 is 1.26 bits per heavy atom. The van der Waals surface area contributed by atoms with Crippen LogP contribution in [-0.2, 0) is 26.8 Å². The normalized spacial score (nSPS) is 16.6. The molecule has 0 spiro atoms. The van der Waals surface area contributed by atoms with E-state index >= 15 is 0 Å². The van der Waals surface area contributed by atoms with E-state index in [0.29, 0.717) is 36.8 Å². The fourth-order valence-corrected chi connectivity index (χ4v) is 5.16. The molecule has 3 N–H and O–H groups in total. The Balaban J connectivity index is 0.000000796. The van der Waals surface area contributed by atoms with Crippen molar-refractivity contribution >= 4 is 35.2 Å². The van der Waals surface area contributed by atoms with Crippen molar-refractivity contribution in [3.05, 3.63) is 47.4 Å². The number of carbonyl (C=O) groups excluding carboxylic acids is 3. The van der Waals surface area contributed by atoms with Gasteiger partial charge in [-0.2, -0.15) is 13.2 Å². The van der Waals surface area contributed by atoms with Crippen LogP contribution in [0.3, 0.4) is 0 Å². The minimum Gasteiger partial charge on any atom is -0.446 e. The summed E-state index contributed by atoms with van der Waals surface area (Å²) in [7, 11) is 0.127. The van der Waals surface area contributed by atoms with Crippen molar-refractivity contribution < 1.29 is 36.2 Å². The summed E-state index contributed by atoms with van der Waals surface area (Å²) in [6.45, 7) is 10.6. The average molecular weight is 633 g/mol. The van der Waals surface area contributed by atoms with Gasteiger partial charge in [-0.25, -0.2) is 8.51 Å². The Labute approximate surface area is 255 Å². The Morgan fingerprint density at radius 3 is 2.51 bits per heavy atom. The maximum atomic E-state index is 12.4. The molecule has 9 nitrogen and oxygen atoms in total. The van der Waals surface area contributed by atoms with Gasteiger partial charge < -0.3 is 20.3 Å². The molecule has 3 unspecified atom stereocenters. The molecule has 1 saturated heterocycles. The van der Waals surface area contributed by atoms with E-state index in [-0.39, 0.29) is 18.2 Å². The van der Waals surface area contributed by atoms with Gasteiger partial charge in [0.25, 0.3) is 5.91 Å². The molecule has 0 saturated carbocycles. The number of allylic oxidation sites excluding steroid dienone is 2. The van der Waals surface area contributed by atoms with Gasteiger partial charge in [0.1, 0.15) is 28.1 Å². The summed E-state index contributed by atoms with van der Waals surface area (Å²) in [5.41, 5.74) is 4.50. The lowest BCUT2D eigenvalue weighted by molar-refractivity contribution is -0.153. The maximum Gasteiger partial charge on any atom is 0.449 e. The van der Waals surface area contributed by atoms with Crippen LogP contribution in [0.15, 0.2) is 45.3 Å². The highest BCUT2D eigenvalue weighted by molar-refractivity contribution is 7.86. The molecular formula is C30H47F3N4O5S. The van der Waals surface area contributed by atoms with Crippen LogP contribution < -0.4 is 11.1 Å². The van der Waals surface area contributed by atoms with Gasteiger partial charge in [-0.3, -0.25) is 14.6 Å². The van der Waals surface area contributed by atoms with Crippen molar-refractivity contribution in [3.8, 4) is 0 Å². The zero-order valence-corrected chi connectivity index (χ0v) is 26.5. The highest BCUT2D eigenvalue weighted by Gasteiger charge is 2.35. The van der Waals surface area contributed by atoms with E-state index in [2.05, 4.69) is 34.0 Å². The topological polar surface area (TPSA) is 135 Å². The molecule has 43 heavy (non-hydrogen) atoms. The van der Waals surface area contributed by atoms with Crippen molar-refractivity contribution in [1.82, 2.24) is 9.62 Å². The second-order valence-electron chi connectivity index (χ2n) is 9.78. The molecule has 1 aliphatic heterocycles. The predicted molar refractivity (Wildman–Crippen MR) is 165 cm³/mol. The third-order valence-electron chi connectivity index (χ3n) is 6.09. The second kappa shape index (κ2) is 22.6. The average Bonchev–Trinajstić information content (AvgIpc) is 3.40. The molecule has 244 valence electrons. The van der Waals surface area contributed by atoms with Gasteiger partial charge in [0.05, 0.1) is 12.6 Å². The van der Waals surface area contributed by atoms with Gasteiger partial charge in [0.2, 0.25) is 5.76 Å². The predicted octanol–water partition coefficient (Wildman–Crippen LogP) is 5.99. The Hall–Kier alpha value is -2.90. The number of nitrogens with one attached hydrogen (secondary N) is 1. The van der Waals surface area contributed by atoms with Crippen molar-refractivity contribution in [2.24, 2.45) is 16.6 Å². The summed E-state index contributed by atoms with van der Waals surface area (Å²) in [4.78, 5) is 38.7. The lowest BCUT2D eigenvalue weighted by Crippen LogP contribution is -2.37. The number of nitrogens with zero attached hydrogens (tertiary/aromatic N) is 2. The largest absolute Gasteiger partial charge is 0.449 e. The van der Waals surface area contributed by atoms with Gasteiger partial charge in [-0.05, 0) is 56.9 Å². The molecule has 2 heterocycles. The van der Waals surface area contributed by atoms with Crippen LogP contribution in [0.1, 0.15) is 94.9 Å². The number of amides is 1. The molecule has 2 rings (SSSR count). The van der Waals surface area contributed by atoms with Crippen molar-refractivity contribution in [1.29, 1.82) is 0 Å². The number of carbonyl (C=O) groups is 3. The van der Waals surface area contributed by atoms with Crippen LogP contribution in [0.4, 0.5) is 13.2 Å². The maximum absolute atomic E-state index is 12.4. The lowest BCUT2D eigenvalue weighted by atomic mass is 9.96. The van der Waals surface area contributed by atoms with Gasteiger partial charge >= 0.3 is 6.18 Å². The van der Waals surface area contributed by atoms with Gasteiger partial charge in [0, 0.05) is 19.2 Å². The highest BCUT2D eigenvalue weighted by Crippen LogP contribution is 2.30. The third kappa shape index (κ3) is 16.5. The summed E-state index contributed by atoms with van der Waals surface area (Å²) < 4.78 is 55.8.